The van der Waals surface area contributed by atoms with Crippen LogP contribution in [0.25, 0.3) is 0 Å². The third-order valence-corrected chi connectivity index (χ3v) is 6.08. The number of nitrogens with one attached hydrogen (secondary N) is 1. The summed E-state index contributed by atoms with van der Waals surface area (Å²) in [6.45, 7) is -0.254. The zero-order chi connectivity index (χ0) is 14.8. The summed E-state index contributed by atoms with van der Waals surface area (Å²) in [4.78, 5) is 3.66. The van der Waals surface area contributed by atoms with Crippen LogP contribution < -0.4 is 4.72 Å². The summed E-state index contributed by atoms with van der Waals surface area (Å²) in [6, 6.07) is 0. The fourth-order valence-electron chi connectivity index (χ4n) is 1.13. The second-order valence-electron chi connectivity index (χ2n) is 3.95. The number of nitrogens with zero attached hydrogens (tertiary/aromatic N) is 3. The minimum Gasteiger partial charge on any atom is -0.324 e. The van der Waals surface area contributed by atoms with Gasteiger partial charge in [-0.25, -0.2) is 30.8 Å². The Bertz CT molecular complexity index is 650. The molecule has 0 atom stereocenters. The van der Waals surface area contributed by atoms with Crippen LogP contribution in [0.4, 0.5) is 0 Å². The van der Waals surface area contributed by atoms with Crippen molar-refractivity contribution in [3.63, 3.8) is 0 Å². The lowest BCUT2D eigenvalue weighted by molar-refractivity contribution is 0.519. The Morgan fingerprint density at radius 3 is 2.37 bits per heavy atom. The van der Waals surface area contributed by atoms with Crippen LogP contribution in [0.15, 0.2) is 11.4 Å². The summed E-state index contributed by atoms with van der Waals surface area (Å²) >= 11 is 5.77. The molecule has 0 aliphatic carbocycles. The van der Waals surface area contributed by atoms with Crippen molar-refractivity contribution >= 4 is 31.6 Å². The lowest BCUT2D eigenvalue weighted by atomic mass is 10.8. The standard InChI is InChI=1S/C8H15ClN4O4S2/c1-12(2)18(14,15)5-4-11-19(16,17)8-7(9)13(3)6-10-8/h6,11H,4-5H2,1-3H3. The molecule has 0 aromatic carbocycles. The zero-order valence-electron chi connectivity index (χ0n) is 10.7. The minimum absolute atomic E-state index is 0.0389. The summed E-state index contributed by atoms with van der Waals surface area (Å²) < 4.78 is 51.1. The van der Waals surface area contributed by atoms with E-state index in [2.05, 4.69) is 9.71 Å². The monoisotopic (exact) mass is 330 g/mol. The van der Waals surface area contributed by atoms with E-state index in [0.717, 1.165) is 4.31 Å². The number of imidazole rings is 1. The van der Waals surface area contributed by atoms with Gasteiger partial charge in [0.1, 0.15) is 5.15 Å². The predicted molar refractivity (Wildman–Crippen MR) is 70.9 cm³/mol. The molecule has 8 nitrogen and oxygen atoms in total. The second-order valence-corrected chi connectivity index (χ2v) is 8.29. The van der Waals surface area contributed by atoms with E-state index >= 15 is 0 Å². The Balaban J connectivity index is 2.76. The molecule has 0 saturated carbocycles. The highest BCUT2D eigenvalue weighted by atomic mass is 35.5. The number of aryl methyl sites for hydroxylation is 1. The van der Waals surface area contributed by atoms with Crippen LogP contribution in [-0.4, -0.2) is 57.1 Å². The SMILES string of the molecule is CN(C)S(=O)(=O)CCNS(=O)(=O)c1ncn(C)c1Cl. The highest BCUT2D eigenvalue weighted by Crippen LogP contribution is 2.17. The van der Waals surface area contributed by atoms with Crippen molar-refractivity contribution in [2.24, 2.45) is 7.05 Å². The highest BCUT2D eigenvalue weighted by molar-refractivity contribution is 7.90. The van der Waals surface area contributed by atoms with E-state index < -0.39 is 20.0 Å². The van der Waals surface area contributed by atoms with Crippen LogP contribution in [0.3, 0.4) is 0 Å². The fraction of sp³-hybridized carbons (Fsp3) is 0.625. The Labute approximate surface area is 117 Å². The molecule has 0 saturated heterocycles. The quantitative estimate of drug-likeness (QED) is 0.739. The molecule has 0 fully saturated rings. The first-order chi connectivity index (χ1) is 8.58. The molecule has 0 radical (unpaired) electrons. The van der Waals surface area contributed by atoms with E-state index in [1.54, 1.807) is 7.05 Å². The van der Waals surface area contributed by atoms with E-state index in [1.165, 1.54) is 25.0 Å². The van der Waals surface area contributed by atoms with Gasteiger partial charge in [-0.05, 0) is 0 Å². The number of halogens is 1. The zero-order valence-corrected chi connectivity index (χ0v) is 13.0. The van der Waals surface area contributed by atoms with Crippen molar-refractivity contribution in [1.82, 2.24) is 18.6 Å². The molecule has 0 unspecified atom stereocenters. The van der Waals surface area contributed by atoms with Gasteiger partial charge in [0.2, 0.25) is 15.0 Å². The fourth-order valence-corrected chi connectivity index (χ4v) is 3.44. The average Bonchev–Trinajstić information content (AvgIpc) is 2.59. The minimum atomic E-state index is -3.92. The summed E-state index contributed by atoms with van der Waals surface area (Å²) in [5.41, 5.74) is 0. The molecule has 1 aromatic heterocycles. The molecule has 1 heterocycles. The van der Waals surface area contributed by atoms with Gasteiger partial charge in [0.15, 0.2) is 0 Å². The summed E-state index contributed by atoms with van der Waals surface area (Å²) in [5, 5.41) is -0.359. The topological polar surface area (TPSA) is 101 Å². The van der Waals surface area contributed by atoms with Crippen molar-refractivity contribution in [1.29, 1.82) is 0 Å². The maximum absolute atomic E-state index is 11.8. The molecule has 0 aliphatic heterocycles. The van der Waals surface area contributed by atoms with Gasteiger partial charge in [0, 0.05) is 27.7 Å². The molecule has 0 spiro atoms. The van der Waals surface area contributed by atoms with Gasteiger partial charge in [-0.3, -0.25) is 0 Å². The molecular weight excluding hydrogens is 316 g/mol. The summed E-state index contributed by atoms with van der Waals surface area (Å²) in [7, 11) is -3.08. The lowest BCUT2D eigenvalue weighted by Crippen LogP contribution is -2.34. The van der Waals surface area contributed by atoms with Crippen molar-refractivity contribution in [2.75, 3.05) is 26.4 Å². The average molecular weight is 331 g/mol. The van der Waals surface area contributed by atoms with Crippen molar-refractivity contribution in [3.8, 4) is 0 Å². The van der Waals surface area contributed by atoms with Gasteiger partial charge in [0.25, 0.3) is 10.0 Å². The van der Waals surface area contributed by atoms with Gasteiger partial charge >= 0.3 is 0 Å². The van der Waals surface area contributed by atoms with Crippen molar-refractivity contribution in [3.05, 3.63) is 11.5 Å². The Morgan fingerprint density at radius 1 is 1.37 bits per heavy atom. The second kappa shape index (κ2) is 5.75. The maximum atomic E-state index is 11.8. The Morgan fingerprint density at radius 2 is 1.95 bits per heavy atom. The molecule has 1 rings (SSSR count). The molecule has 19 heavy (non-hydrogen) atoms. The lowest BCUT2D eigenvalue weighted by Gasteiger charge is -2.11. The number of hydrogen-bond donors (Lipinski definition) is 1. The molecule has 0 bridgehead atoms. The number of sulfonamides is 2. The molecule has 1 aromatic rings. The summed E-state index contributed by atoms with van der Waals surface area (Å²) in [6.07, 6.45) is 1.26. The third kappa shape index (κ3) is 3.89. The number of rotatable bonds is 6. The first-order valence-corrected chi connectivity index (χ1v) is 8.61. The van der Waals surface area contributed by atoms with Crippen LogP contribution in [0, 0.1) is 0 Å². The van der Waals surface area contributed by atoms with E-state index in [-0.39, 0.29) is 22.5 Å². The normalized spacial score (nSPS) is 13.1. The van der Waals surface area contributed by atoms with E-state index in [4.69, 9.17) is 11.6 Å². The number of aromatic nitrogens is 2. The smallest absolute Gasteiger partial charge is 0.261 e. The van der Waals surface area contributed by atoms with Gasteiger partial charge in [-0.1, -0.05) is 11.6 Å². The van der Waals surface area contributed by atoms with E-state index in [0.29, 0.717) is 0 Å². The van der Waals surface area contributed by atoms with Crippen LogP contribution in [0.5, 0.6) is 0 Å². The van der Waals surface area contributed by atoms with Gasteiger partial charge in [0.05, 0.1) is 12.1 Å². The van der Waals surface area contributed by atoms with Crippen LogP contribution in [0.1, 0.15) is 0 Å². The van der Waals surface area contributed by atoms with Crippen molar-refractivity contribution in [2.45, 2.75) is 5.03 Å². The predicted octanol–water partition coefficient (Wildman–Crippen LogP) is -0.757. The van der Waals surface area contributed by atoms with Crippen LogP contribution in [0.2, 0.25) is 5.15 Å². The molecule has 1 N–H and O–H groups in total. The first-order valence-electron chi connectivity index (χ1n) is 5.14. The Hall–Kier alpha value is -0.680. The van der Waals surface area contributed by atoms with E-state index in [1.807, 2.05) is 0 Å². The largest absolute Gasteiger partial charge is 0.324 e. The molecule has 0 aliphatic rings. The molecule has 110 valence electrons. The third-order valence-electron chi connectivity index (χ3n) is 2.30. The Kier molecular flexibility index (Phi) is 4.96. The van der Waals surface area contributed by atoms with Crippen molar-refractivity contribution < 1.29 is 16.8 Å². The summed E-state index contributed by atoms with van der Waals surface area (Å²) in [5.74, 6) is -0.344. The molecule has 11 heteroatoms. The maximum Gasteiger partial charge on any atom is 0.261 e. The molecular formula is C8H15ClN4O4S2. The van der Waals surface area contributed by atoms with Crippen LogP contribution >= 0.6 is 11.6 Å². The van der Waals surface area contributed by atoms with Gasteiger partial charge in [-0.15, -0.1) is 0 Å². The number of hydrogen-bond acceptors (Lipinski definition) is 5. The highest BCUT2D eigenvalue weighted by Gasteiger charge is 2.23. The van der Waals surface area contributed by atoms with Gasteiger partial charge < -0.3 is 4.57 Å². The van der Waals surface area contributed by atoms with Crippen LogP contribution in [-0.2, 0) is 27.1 Å². The van der Waals surface area contributed by atoms with Gasteiger partial charge in [-0.2, -0.15) is 0 Å². The molecule has 0 amide bonds. The first kappa shape index (κ1) is 16.4. The van der Waals surface area contributed by atoms with E-state index in [9.17, 15) is 16.8 Å².